The molecule has 0 saturated carbocycles. The molecule has 2 N–H and O–H groups in total. The molecule has 1 atom stereocenters. The van der Waals surface area contributed by atoms with Gasteiger partial charge in [-0.15, -0.1) is 11.8 Å². The van der Waals surface area contributed by atoms with E-state index in [0.717, 1.165) is 31.0 Å². The number of nitrogens with zero attached hydrogens (tertiary/aromatic N) is 1. The molecule has 1 fully saturated rings. The highest BCUT2D eigenvalue weighted by Gasteiger charge is 2.27. The van der Waals surface area contributed by atoms with Crippen LogP contribution in [0, 0.1) is 5.92 Å². The summed E-state index contributed by atoms with van der Waals surface area (Å²) < 4.78 is 4.91. The Morgan fingerprint density at radius 3 is 2.92 bits per heavy atom. The number of benzene rings is 1. The summed E-state index contributed by atoms with van der Waals surface area (Å²) >= 11 is 1.40. The van der Waals surface area contributed by atoms with E-state index in [1.165, 1.54) is 11.8 Å². The molecule has 0 bridgehead atoms. The molecule has 7 heteroatoms. The zero-order chi connectivity index (χ0) is 18.1. The van der Waals surface area contributed by atoms with E-state index in [0.29, 0.717) is 24.6 Å². The molecule has 1 unspecified atom stereocenters. The van der Waals surface area contributed by atoms with E-state index in [1.807, 2.05) is 36.2 Å². The highest BCUT2D eigenvalue weighted by atomic mass is 32.2. The Labute approximate surface area is 153 Å². The lowest BCUT2D eigenvalue weighted by Crippen LogP contribution is -2.31. The van der Waals surface area contributed by atoms with Crippen molar-refractivity contribution in [2.75, 3.05) is 52.7 Å². The molecule has 0 radical (unpaired) electrons. The zero-order valence-electron chi connectivity index (χ0n) is 14.9. The lowest BCUT2D eigenvalue weighted by atomic mass is 10.1. The second kappa shape index (κ2) is 10.4. The van der Waals surface area contributed by atoms with E-state index in [4.69, 9.17) is 4.74 Å². The van der Waals surface area contributed by atoms with Gasteiger partial charge in [-0.3, -0.25) is 9.59 Å². The van der Waals surface area contributed by atoms with Crippen LogP contribution >= 0.6 is 11.8 Å². The van der Waals surface area contributed by atoms with Crippen molar-refractivity contribution in [2.24, 2.45) is 5.92 Å². The molecule has 1 heterocycles. The molecule has 0 spiro atoms. The van der Waals surface area contributed by atoms with Gasteiger partial charge in [-0.2, -0.15) is 0 Å². The van der Waals surface area contributed by atoms with Crippen LogP contribution in [0.4, 0.5) is 0 Å². The van der Waals surface area contributed by atoms with Gasteiger partial charge < -0.3 is 20.3 Å². The van der Waals surface area contributed by atoms with Gasteiger partial charge in [0.1, 0.15) is 0 Å². The number of ether oxygens (including phenoxy) is 1. The smallest absolute Gasteiger partial charge is 0.254 e. The molecule has 1 aromatic carbocycles. The molecule has 0 aromatic heterocycles. The van der Waals surface area contributed by atoms with Crippen molar-refractivity contribution in [1.29, 1.82) is 0 Å². The highest BCUT2D eigenvalue weighted by molar-refractivity contribution is 8.00. The molecule has 1 saturated heterocycles. The number of hydrogen-bond donors (Lipinski definition) is 2. The molecule has 1 aliphatic rings. The first-order valence-electron chi connectivity index (χ1n) is 8.57. The first-order chi connectivity index (χ1) is 12.2. The fourth-order valence-electron chi connectivity index (χ4n) is 2.90. The number of hydrogen-bond acceptors (Lipinski definition) is 5. The maximum absolute atomic E-state index is 12.8. The van der Waals surface area contributed by atoms with Crippen molar-refractivity contribution in [1.82, 2.24) is 15.5 Å². The van der Waals surface area contributed by atoms with Crippen LogP contribution in [0.25, 0.3) is 0 Å². The molecular weight excluding hydrogens is 338 g/mol. The summed E-state index contributed by atoms with van der Waals surface area (Å²) in [7, 11) is 3.54. The molecular formula is C18H27N3O3S. The van der Waals surface area contributed by atoms with Gasteiger partial charge in [0.05, 0.1) is 17.9 Å². The number of carbonyl (C=O) groups excluding carboxylic acids is 2. The third-order valence-electron chi connectivity index (χ3n) is 4.17. The van der Waals surface area contributed by atoms with Gasteiger partial charge in [0, 0.05) is 31.6 Å². The second-order valence-electron chi connectivity index (χ2n) is 6.09. The Kier molecular flexibility index (Phi) is 8.24. The number of carbonyl (C=O) groups is 2. The lowest BCUT2D eigenvalue weighted by Gasteiger charge is -2.18. The third kappa shape index (κ3) is 6.02. The minimum Gasteiger partial charge on any atom is -0.383 e. The van der Waals surface area contributed by atoms with Gasteiger partial charge in [0.15, 0.2) is 0 Å². The quantitative estimate of drug-likeness (QED) is 0.509. The lowest BCUT2D eigenvalue weighted by molar-refractivity contribution is -0.118. The van der Waals surface area contributed by atoms with Gasteiger partial charge in [-0.1, -0.05) is 12.1 Å². The number of rotatable bonds is 9. The van der Waals surface area contributed by atoms with Gasteiger partial charge in [0.2, 0.25) is 5.91 Å². The summed E-state index contributed by atoms with van der Waals surface area (Å²) in [5.41, 5.74) is 0.683. The Morgan fingerprint density at radius 1 is 1.36 bits per heavy atom. The number of methoxy groups -OCH3 is 1. The molecule has 1 aliphatic heterocycles. The highest BCUT2D eigenvalue weighted by Crippen LogP contribution is 2.26. The molecule has 0 aliphatic carbocycles. The first-order valence-corrected chi connectivity index (χ1v) is 9.55. The number of nitrogens with one attached hydrogen (secondary N) is 2. The van der Waals surface area contributed by atoms with Gasteiger partial charge in [0.25, 0.3) is 5.91 Å². The van der Waals surface area contributed by atoms with E-state index < -0.39 is 0 Å². The van der Waals surface area contributed by atoms with Gasteiger partial charge in [-0.25, -0.2) is 0 Å². The summed E-state index contributed by atoms with van der Waals surface area (Å²) in [6.07, 6.45) is 1.03. The van der Waals surface area contributed by atoms with E-state index in [2.05, 4.69) is 10.6 Å². The zero-order valence-corrected chi connectivity index (χ0v) is 15.7. The topological polar surface area (TPSA) is 70.7 Å². The summed E-state index contributed by atoms with van der Waals surface area (Å²) in [6, 6.07) is 7.52. The van der Waals surface area contributed by atoms with E-state index in [9.17, 15) is 9.59 Å². The van der Waals surface area contributed by atoms with Crippen LogP contribution in [0.3, 0.4) is 0 Å². The standard InChI is InChI=1S/C18H27N3O3S/c1-19-11-14-7-9-21(12-14)18(23)15-5-3-4-6-16(15)25-13-17(22)20-8-10-24-2/h3-6,14,19H,7-13H2,1-2H3,(H,20,22). The maximum atomic E-state index is 12.8. The van der Waals surface area contributed by atoms with E-state index in [1.54, 1.807) is 7.11 Å². The SMILES string of the molecule is CNCC1CCN(C(=O)c2ccccc2SCC(=O)NCCOC)C1. The minimum absolute atomic E-state index is 0.0560. The van der Waals surface area contributed by atoms with Crippen LogP contribution in [0.5, 0.6) is 0 Å². The monoisotopic (exact) mass is 365 g/mol. The maximum Gasteiger partial charge on any atom is 0.254 e. The van der Waals surface area contributed by atoms with E-state index >= 15 is 0 Å². The Bertz CT molecular complexity index is 582. The van der Waals surface area contributed by atoms with Crippen LogP contribution in [-0.4, -0.2) is 69.4 Å². The average molecular weight is 365 g/mol. The predicted octanol–water partition coefficient (Wildman–Crippen LogP) is 1.22. The molecule has 1 aromatic rings. The van der Waals surface area contributed by atoms with Crippen LogP contribution in [0.2, 0.25) is 0 Å². The Morgan fingerprint density at radius 2 is 2.16 bits per heavy atom. The summed E-state index contributed by atoms with van der Waals surface area (Å²) in [4.78, 5) is 27.5. The molecule has 25 heavy (non-hydrogen) atoms. The minimum atomic E-state index is -0.0560. The fraction of sp³-hybridized carbons (Fsp3) is 0.556. The number of thioether (sulfide) groups is 1. The summed E-state index contributed by atoms with van der Waals surface area (Å²) in [5, 5.41) is 5.97. The van der Waals surface area contributed by atoms with Crippen molar-refractivity contribution in [2.45, 2.75) is 11.3 Å². The Balaban J connectivity index is 1.93. The summed E-state index contributed by atoms with van der Waals surface area (Å²) in [5.74, 6) is 0.803. The normalized spacial score (nSPS) is 16.9. The molecule has 6 nitrogen and oxygen atoms in total. The van der Waals surface area contributed by atoms with Crippen molar-refractivity contribution in [3.05, 3.63) is 29.8 Å². The van der Waals surface area contributed by atoms with Crippen molar-refractivity contribution in [3.8, 4) is 0 Å². The van der Waals surface area contributed by atoms with Crippen LogP contribution in [-0.2, 0) is 9.53 Å². The van der Waals surface area contributed by atoms with Crippen molar-refractivity contribution >= 4 is 23.6 Å². The van der Waals surface area contributed by atoms with Crippen LogP contribution < -0.4 is 10.6 Å². The first kappa shape index (κ1) is 19.8. The van der Waals surface area contributed by atoms with Crippen molar-refractivity contribution in [3.63, 3.8) is 0 Å². The average Bonchev–Trinajstić information content (AvgIpc) is 3.09. The molecule has 2 rings (SSSR count). The molecule has 2 amide bonds. The predicted molar refractivity (Wildman–Crippen MR) is 100.0 cm³/mol. The van der Waals surface area contributed by atoms with E-state index in [-0.39, 0.29) is 17.6 Å². The van der Waals surface area contributed by atoms with Gasteiger partial charge in [-0.05, 0) is 38.1 Å². The third-order valence-corrected chi connectivity index (χ3v) is 5.24. The van der Waals surface area contributed by atoms with Crippen LogP contribution in [0.15, 0.2) is 29.2 Å². The fourth-order valence-corrected chi connectivity index (χ4v) is 3.77. The second-order valence-corrected chi connectivity index (χ2v) is 7.11. The molecule has 138 valence electrons. The largest absolute Gasteiger partial charge is 0.383 e. The van der Waals surface area contributed by atoms with Crippen LogP contribution in [0.1, 0.15) is 16.8 Å². The van der Waals surface area contributed by atoms with Gasteiger partial charge >= 0.3 is 0 Å². The van der Waals surface area contributed by atoms with Crippen molar-refractivity contribution < 1.29 is 14.3 Å². The Hall–Kier alpha value is -1.57. The number of amides is 2. The number of likely N-dealkylation sites (tertiary alicyclic amines) is 1. The summed E-state index contributed by atoms with van der Waals surface area (Å²) in [6.45, 7) is 3.50.